The minimum atomic E-state index is -0.571. The molecule has 3 heterocycles. The molecule has 4 rings (SSSR count). The molecule has 8 nitrogen and oxygen atoms in total. The number of hydrogen-bond acceptors (Lipinski definition) is 6. The number of hydrogen-bond donors (Lipinski definition) is 4. The summed E-state index contributed by atoms with van der Waals surface area (Å²) < 4.78 is 0. The van der Waals surface area contributed by atoms with Crippen molar-refractivity contribution in [1.29, 1.82) is 0 Å². The van der Waals surface area contributed by atoms with Crippen molar-refractivity contribution in [2.45, 2.75) is 25.4 Å². The molecular weight excluding hydrogens is 441 g/mol. The van der Waals surface area contributed by atoms with Crippen LogP contribution in [0, 0.1) is 0 Å². The van der Waals surface area contributed by atoms with Gasteiger partial charge in [0.15, 0.2) is 11.4 Å². The first-order valence-electron chi connectivity index (χ1n) is 9.65. The van der Waals surface area contributed by atoms with Gasteiger partial charge in [-0.1, -0.05) is 23.2 Å². The number of amides is 2. The predicted molar refractivity (Wildman–Crippen MR) is 118 cm³/mol. The Morgan fingerprint density at radius 3 is 2.74 bits per heavy atom. The zero-order valence-electron chi connectivity index (χ0n) is 16.3. The number of benzene rings is 1. The lowest BCUT2D eigenvalue weighted by Crippen LogP contribution is -2.32. The summed E-state index contributed by atoms with van der Waals surface area (Å²) >= 11 is 12.0. The average molecular weight is 460 g/mol. The minimum Gasteiger partial charge on any atom is -0.504 e. The third-order valence-electron chi connectivity index (χ3n) is 4.93. The Balaban J connectivity index is 1.58. The van der Waals surface area contributed by atoms with Crippen molar-refractivity contribution in [1.82, 2.24) is 20.6 Å². The fourth-order valence-corrected chi connectivity index (χ4v) is 4.02. The van der Waals surface area contributed by atoms with Gasteiger partial charge in [-0.3, -0.25) is 14.6 Å². The Kier molecular flexibility index (Phi) is 6.11. The number of aromatic nitrogens is 2. The molecule has 1 saturated heterocycles. The highest BCUT2D eigenvalue weighted by Crippen LogP contribution is 2.30. The fourth-order valence-electron chi connectivity index (χ4n) is 3.44. The van der Waals surface area contributed by atoms with Crippen LogP contribution < -0.4 is 16.0 Å². The van der Waals surface area contributed by atoms with E-state index in [1.54, 1.807) is 30.3 Å². The first-order valence-corrected chi connectivity index (χ1v) is 10.4. The Bertz CT molecular complexity index is 1150. The van der Waals surface area contributed by atoms with Crippen molar-refractivity contribution in [3.05, 3.63) is 57.8 Å². The van der Waals surface area contributed by atoms with Crippen LogP contribution in [0.15, 0.2) is 36.5 Å². The Hall–Kier alpha value is -3.10. The number of fused-ring (bicyclic) bond motifs is 1. The van der Waals surface area contributed by atoms with E-state index < -0.39 is 5.91 Å². The van der Waals surface area contributed by atoms with Crippen LogP contribution in [0.4, 0.5) is 5.82 Å². The topological polar surface area (TPSA) is 116 Å². The van der Waals surface area contributed by atoms with Crippen molar-refractivity contribution in [3.8, 4) is 5.75 Å². The second-order valence-electron chi connectivity index (χ2n) is 7.20. The maximum absolute atomic E-state index is 12.8. The summed E-state index contributed by atoms with van der Waals surface area (Å²) in [5.74, 6) is -0.466. The lowest BCUT2D eigenvalue weighted by Gasteiger charge is -2.15. The van der Waals surface area contributed by atoms with Gasteiger partial charge in [-0.05, 0) is 42.3 Å². The van der Waals surface area contributed by atoms with Crippen LogP contribution in [0.3, 0.4) is 0 Å². The number of carbonyl (C=O) groups excluding carboxylic acids is 2. The molecule has 160 valence electrons. The van der Waals surface area contributed by atoms with E-state index in [2.05, 4.69) is 25.9 Å². The first kappa shape index (κ1) is 21.1. The van der Waals surface area contributed by atoms with Gasteiger partial charge in [0.2, 0.25) is 5.91 Å². The summed E-state index contributed by atoms with van der Waals surface area (Å²) in [5, 5.41) is 20.9. The van der Waals surface area contributed by atoms with Gasteiger partial charge in [-0.25, -0.2) is 4.98 Å². The van der Waals surface area contributed by atoms with Crippen LogP contribution in [0.1, 0.15) is 28.9 Å². The maximum atomic E-state index is 12.8. The van der Waals surface area contributed by atoms with Gasteiger partial charge in [0.05, 0.1) is 0 Å². The summed E-state index contributed by atoms with van der Waals surface area (Å²) in [6, 6.07) is 8.41. The van der Waals surface area contributed by atoms with Crippen molar-refractivity contribution < 1.29 is 14.7 Å². The summed E-state index contributed by atoms with van der Waals surface area (Å²) in [5.41, 5.74) is 0.809. The quantitative estimate of drug-likeness (QED) is 0.449. The number of halogens is 2. The molecule has 0 saturated carbocycles. The highest BCUT2D eigenvalue weighted by molar-refractivity contribution is 6.34. The standard InChI is InChI=1S/C21H19Cl2N5O3/c22-12-6-11(7-13(23)8-12)9-26-21(31)18-19(30)17-15(2-1-5-24-17)20(28-18)25-10-14-3-4-16(29)27-14/h1-2,5-8,14,30H,3-4,9-10H2,(H,25,28)(H,26,31)(H,27,29)/t14-/m1/s1. The number of nitrogens with one attached hydrogen (secondary N) is 3. The molecule has 1 fully saturated rings. The number of carbonyl (C=O) groups is 2. The smallest absolute Gasteiger partial charge is 0.274 e. The zero-order valence-corrected chi connectivity index (χ0v) is 17.8. The Labute approximate surface area is 188 Å². The van der Waals surface area contributed by atoms with E-state index in [-0.39, 0.29) is 35.5 Å². The highest BCUT2D eigenvalue weighted by Gasteiger charge is 2.23. The van der Waals surface area contributed by atoms with E-state index in [1.165, 1.54) is 6.20 Å². The molecule has 0 radical (unpaired) electrons. The monoisotopic (exact) mass is 459 g/mol. The molecule has 0 spiro atoms. The molecule has 0 bridgehead atoms. The summed E-state index contributed by atoms with van der Waals surface area (Å²) in [4.78, 5) is 32.8. The fraction of sp³-hybridized carbons (Fsp3) is 0.238. The summed E-state index contributed by atoms with van der Waals surface area (Å²) in [7, 11) is 0. The van der Waals surface area contributed by atoms with Gasteiger partial charge in [0.1, 0.15) is 11.3 Å². The lowest BCUT2D eigenvalue weighted by atomic mass is 10.1. The van der Waals surface area contributed by atoms with Crippen LogP contribution in [0.5, 0.6) is 5.75 Å². The van der Waals surface area contributed by atoms with E-state index in [0.29, 0.717) is 39.8 Å². The van der Waals surface area contributed by atoms with Crippen molar-refractivity contribution in [2.24, 2.45) is 0 Å². The summed E-state index contributed by atoms with van der Waals surface area (Å²) in [6.07, 6.45) is 2.73. The summed E-state index contributed by atoms with van der Waals surface area (Å²) in [6.45, 7) is 0.590. The number of rotatable bonds is 6. The molecular formula is C21H19Cl2N5O3. The van der Waals surface area contributed by atoms with E-state index in [4.69, 9.17) is 23.2 Å². The van der Waals surface area contributed by atoms with E-state index in [0.717, 1.165) is 6.42 Å². The third kappa shape index (κ3) is 4.81. The molecule has 0 aliphatic carbocycles. The normalized spacial score (nSPS) is 15.7. The second-order valence-corrected chi connectivity index (χ2v) is 8.07. The molecule has 31 heavy (non-hydrogen) atoms. The first-order chi connectivity index (χ1) is 14.9. The van der Waals surface area contributed by atoms with Gasteiger partial charge in [-0.15, -0.1) is 0 Å². The average Bonchev–Trinajstić information content (AvgIpc) is 3.16. The molecule has 1 atom stereocenters. The molecule has 2 aromatic heterocycles. The van der Waals surface area contributed by atoms with Crippen molar-refractivity contribution in [3.63, 3.8) is 0 Å². The van der Waals surface area contributed by atoms with E-state index in [9.17, 15) is 14.7 Å². The number of anilines is 1. The molecule has 0 unspecified atom stereocenters. The second kappa shape index (κ2) is 8.95. The Morgan fingerprint density at radius 1 is 1.26 bits per heavy atom. The van der Waals surface area contributed by atoms with Gasteiger partial charge in [-0.2, -0.15) is 0 Å². The highest BCUT2D eigenvalue weighted by atomic mass is 35.5. The molecule has 2 amide bonds. The van der Waals surface area contributed by atoms with E-state index in [1.807, 2.05) is 0 Å². The lowest BCUT2D eigenvalue weighted by molar-refractivity contribution is -0.119. The van der Waals surface area contributed by atoms with Gasteiger partial charge in [0, 0.05) is 47.2 Å². The van der Waals surface area contributed by atoms with Crippen molar-refractivity contribution in [2.75, 3.05) is 11.9 Å². The van der Waals surface area contributed by atoms with Crippen LogP contribution >= 0.6 is 23.2 Å². The van der Waals surface area contributed by atoms with Gasteiger partial charge in [0.25, 0.3) is 5.91 Å². The third-order valence-corrected chi connectivity index (χ3v) is 5.36. The number of pyridine rings is 2. The number of aromatic hydroxyl groups is 1. The molecule has 1 aliphatic rings. The van der Waals surface area contributed by atoms with Crippen LogP contribution in [0.2, 0.25) is 10.0 Å². The van der Waals surface area contributed by atoms with Gasteiger partial charge >= 0.3 is 0 Å². The molecule has 4 N–H and O–H groups in total. The maximum Gasteiger partial charge on any atom is 0.274 e. The van der Waals surface area contributed by atoms with Crippen LogP contribution in [0.25, 0.3) is 10.9 Å². The number of nitrogens with zero attached hydrogens (tertiary/aromatic N) is 2. The predicted octanol–water partition coefficient (Wildman–Crippen LogP) is 3.26. The molecule has 1 aliphatic heterocycles. The molecule has 3 aromatic rings. The SMILES string of the molecule is O=C1CC[C@H](CNc2nc(C(=O)NCc3cc(Cl)cc(Cl)c3)c(O)c3ncccc23)N1. The van der Waals surface area contributed by atoms with Gasteiger partial charge < -0.3 is 21.1 Å². The van der Waals surface area contributed by atoms with Crippen molar-refractivity contribution >= 4 is 51.7 Å². The van der Waals surface area contributed by atoms with E-state index >= 15 is 0 Å². The molecule has 10 heteroatoms. The Morgan fingerprint density at radius 2 is 2.03 bits per heavy atom. The molecule has 1 aromatic carbocycles. The van der Waals surface area contributed by atoms with Crippen LogP contribution in [-0.2, 0) is 11.3 Å². The van der Waals surface area contributed by atoms with Crippen LogP contribution in [-0.4, -0.2) is 39.5 Å². The zero-order chi connectivity index (χ0) is 22.0. The minimum absolute atomic E-state index is 0.0122. The largest absolute Gasteiger partial charge is 0.504 e.